The SMILES string of the molecule is CCOc1cc(C)ccc1CNC(=NC)NCCc1cccc(C(=O)NC)c1. The number of rotatable bonds is 8. The third-order valence-corrected chi connectivity index (χ3v) is 4.31. The molecule has 0 aliphatic carbocycles. The van der Waals surface area contributed by atoms with Gasteiger partial charge in [0, 0.05) is 38.3 Å². The zero-order chi connectivity index (χ0) is 20.4. The van der Waals surface area contributed by atoms with Crippen molar-refractivity contribution in [2.45, 2.75) is 26.8 Å². The van der Waals surface area contributed by atoms with E-state index in [1.807, 2.05) is 31.2 Å². The van der Waals surface area contributed by atoms with Gasteiger partial charge in [0.05, 0.1) is 6.61 Å². The molecule has 0 bridgehead atoms. The van der Waals surface area contributed by atoms with Crippen LogP contribution in [-0.4, -0.2) is 39.1 Å². The molecule has 0 saturated heterocycles. The Hall–Kier alpha value is -3.02. The first kappa shape index (κ1) is 21.3. The molecule has 0 aromatic heterocycles. The zero-order valence-corrected chi connectivity index (χ0v) is 17.1. The lowest BCUT2D eigenvalue weighted by atomic mass is 10.1. The lowest BCUT2D eigenvalue weighted by Crippen LogP contribution is -2.38. The van der Waals surface area contributed by atoms with E-state index in [9.17, 15) is 4.79 Å². The lowest BCUT2D eigenvalue weighted by Gasteiger charge is -2.15. The second-order valence-corrected chi connectivity index (χ2v) is 6.43. The molecule has 0 unspecified atom stereocenters. The maximum absolute atomic E-state index is 11.7. The number of nitrogens with zero attached hydrogens (tertiary/aromatic N) is 1. The first-order valence-electron chi connectivity index (χ1n) is 9.55. The topological polar surface area (TPSA) is 74.8 Å². The van der Waals surface area contributed by atoms with Crippen molar-refractivity contribution in [3.8, 4) is 5.75 Å². The normalized spacial score (nSPS) is 11.1. The number of carbonyl (C=O) groups is 1. The van der Waals surface area contributed by atoms with Crippen LogP contribution < -0.4 is 20.7 Å². The quantitative estimate of drug-likeness (QED) is 0.485. The Morgan fingerprint density at radius 2 is 1.96 bits per heavy atom. The van der Waals surface area contributed by atoms with Crippen LogP contribution in [0.15, 0.2) is 47.5 Å². The van der Waals surface area contributed by atoms with Crippen LogP contribution in [0.4, 0.5) is 0 Å². The fraction of sp³-hybridized carbons (Fsp3) is 0.364. The van der Waals surface area contributed by atoms with Crippen LogP contribution >= 0.6 is 0 Å². The molecule has 0 aliphatic rings. The number of benzene rings is 2. The van der Waals surface area contributed by atoms with E-state index < -0.39 is 0 Å². The Bertz CT molecular complexity index is 818. The van der Waals surface area contributed by atoms with Crippen molar-refractivity contribution in [2.75, 3.05) is 27.2 Å². The van der Waals surface area contributed by atoms with Crippen molar-refractivity contribution in [1.29, 1.82) is 0 Å². The predicted molar refractivity (Wildman–Crippen MR) is 114 cm³/mol. The summed E-state index contributed by atoms with van der Waals surface area (Å²) in [4.78, 5) is 16.0. The van der Waals surface area contributed by atoms with Crippen LogP contribution in [0.3, 0.4) is 0 Å². The van der Waals surface area contributed by atoms with Gasteiger partial charge in [-0.2, -0.15) is 0 Å². The maximum Gasteiger partial charge on any atom is 0.251 e. The summed E-state index contributed by atoms with van der Waals surface area (Å²) in [5, 5.41) is 9.28. The largest absolute Gasteiger partial charge is 0.494 e. The second-order valence-electron chi connectivity index (χ2n) is 6.43. The number of hydrogen-bond acceptors (Lipinski definition) is 3. The van der Waals surface area contributed by atoms with Gasteiger partial charge in [-0.05, 0) is 49.6 Å². The molecular formula is C22H30N4O2. The van der Waals surface area contributed by atoms with Gasteiger partial charge >= 0.3 is 0 Å². The molecule has 1 amide bonds. The van der Waals surface area contributed by atoms with Crippen LogP contribution in [0.1, 0.15) is 34.0 Å². The van der Waals surface area contributed by atoms with Crippen LogP contribution in [0.25, 0.3) is 0 Å². The van der Waals surface area contributed by atoms with Gasteiger partial charge < -0.3 is 20.7 Å². The molecule has 0 fully saturated rings. The first-order valence-corrected chi connectivity index (χ1v) is 9.55. The van der Waals surface area contributed by atoms with E-state index in [2.05, 4.69) is 46.1 Å². The van der Waals surface area contributed by atoms with Gasteiger partial charge in [-0.1, -0.05) is 24.3 Å². The second kappa shape index (κ2) is 11.0. The average molecular weight is 383 g/mol. The van der Waals surface area contributed by atoms with Gasteiger partial charge in [-0.15, -0.1) is 0 Å². The Labute approximate surface area is 167 Å². The molecule has 6 heteroatoms. The van der Waals surface area contributed by atoms with E-state index in [0.717, 1.165) is 29.3 Å². The van der Waals surface area contributed by atoms with Gasteiger partial charge in [-0.3, -0.25) is 9.79 Å². The van der Waals surface area contributed by atoms with Gasteiger partial charge in [0.25, 0.3) is 5.91 Å². The average Bonchev–Trinajstić information content (AvgIpc) is 2.71. The highest BCUT2D eigenvalue weighted by Gasteiger charge is 2.06. The number of nitrogens with one attached hydrogen (secondary N) is 3. The maximum atomic E-state index is 11.7. The third-order valence-electron chi connectivity index (χ3n) is 4.31. The highest BCUT2D eigenvalue weighted by Crippen LogP contribution is 2.20. The molecule has 3 N–H and O–H groups in total. The molecule has 2 aromatic rings. The molecule has 0 atom stereocenters. The number of amides is 1. The highest BCUT2D eigenvalue weighted by atomic mass is 16.5. The van der Waals surface area contributed by atoms with Crippen LogP contribution in [0.2, 0.25) is 0 Å². The van der Waals surface area contributed by atoms with Crippen LogP contribution in [-0.2, 0) is 13.0 Å². The smallest absolute Gasteiger partial charge is 0.251 e. The Morgan fingerprint density at radius 3 is 2.68 bits per heavy atom. The molecule has 28 heavy (non-hydrogen) atoms. The van der Waals surface area contributed by atoms with Crippen molar-refractivity contribution in [1.82, 2.24) is 16.0 Å². The number of aryl methyl sites for hydroxylation is 1. The summed E-state index contributed by atoms with van der Waals surface area (Å²) in [6.07, 6.45) is 0.792. The van der Waals surface area contributed by atoms with Crippen molar-refractivity contribution in [3.63, 3.8) is 0 Å². The van der Waals surface area contributed by atoms with Crippen LogP contribution in [0.5, 0.6) is 5.75 Å². The molecule has 0 spiro atoms. The van der Waals surface area contributed by atoms with Crippen molar-refractivity contribution in [3.05, 3.63) is 64.7 Å². The number of hydrogen-bond donors (Lipinski definition) is 3. The van der Waals surface area contributed by atoms with Crippen molar-refractivity contribution < 1.29 is 9.53 Å². The van der Waals surface area contributed by atoms with Crippen LogP contribution in [0, 0.1) is 6.92 Å². The summed E-state index contributed by atoms with van der Waals surface area (Å²) in [6, 6.07) is 13.9. The molecule has 2 rings (SSSR count). The molecule has 0 saturated carbocycles. The van der Waals surface area contributed by atoms with E-state index in [1.54, 1.807) is 14.1 Å². The van der Waals surface area contributed by atoms with Crippen molar-refractivity contribution >= 4 is 11.9 Å². The third kappa shape index (κ3) is 6.30. The zero-order valence-electron chi connectivity index (χ0n) is 17.1. The highest BCUT2D eigenvalue weighted by molar-refractivity contribution is 5.94. The fourth-order valence-electron chi connectivity index (χ4n) is 2.83. The summed E-state index contributed by atoms with van der Waals surface area (Å²) in [7, 11) is 3.39. The molecule has 0 aliphatic heterocycles. The molecule has 6 nitrogen and oxygen atoms in total. The molecule has 2 aromatic carbocycles. The number of aliphatic imine (C=N–C) groups is 1. The minimum Gasteiger partial charge on any atom is -0.494 e. The number of guanidine groups is 1. The number of carbonyl (C=O) groups excluding carboxylic acids is 1. The minimum atomic E-state index is -0.0736. The minimum absolute atomic E-state index is 0.0736. The molecule has 0 heterocycles. The monoisotopic (exact) mass is 382 g/mol. The molecule has 0 radical (unpaired) electrons. The fourth-order valence-corrected chi connectivity index (χ4v) is 2.83. The Kier molecular flexibility index (Phi) is 8.34. The van der Waals surface area contributed by atoms with Crippen molar-refractivity contribution in [2.24, 2.45) is 4.99 Å². The van der Waals surface area contributed by atoms with Gasteiger partial charge in [0.15, 0.2) is 5.96 Å². The van der Waals surface area contributed by atoms with Gasteiger partial charge in [0.2, 0.25) is 0 Å². The van der Waals surface area contributed by atoms with Gasteiger partial charge in [0.1, 0.15) is 5.75 Å². The Morgan fingerprint density at radius 1 is 1.14 bits per heavy atom. The summed E-state index contributed by atoms with van der Waals surface area (Å²) in [5.41, 5.74) is 4.04. The van der Waals surface area contributed by atoms with E-state index in [4.69, 9.17) is 4.74 Å². The first-order chi connectivity index (χ1) is 13.6. The van der Waals surface area contributed by atoms with Gasteiger partial charge in [-0.25, -0.2) is 0 Å². The predicted octanol–water partition coefficient (Wildman–Crippen LogP) is 2.66. The lowest BCUT2D eigenvalue weighted by molar-refractivity contribution is 0.0963. The Balaban J connectivity index is 1.88. The molecule has 150 valence electrons. The summed E-state index contributed by atoms with van der Waals surface area (Å²) in [6.45, 7) is 6.02. The summed E-state index contributed by atoms with van der Waals surface area (Å²) in [5.74, 6) is 1.55. The van der Waals surface area contributed by atoms with E-state index in [-0.39, 0.29) is 5.91 Å². The molecular weight excluding hydrogens is 352 g/mol. The standard InChI is InChI=1S/C22H30N4O2/c1-5-28-20-13-16(2)9-10-19(20)15-26-22(24-4)25-12-11-17-7-6-8-18(14-17)21(27)23-3/h6-10,13-14H,5,11-12,15H2,1-4H3,(H,23,27)(H2,24,25,26). The van der Waals surface area contributed by atoms with E-state index >= 15 is 0 Å². The number of ether oxygens (including phenoxy) is 1. The van der Waals surface area contributed by atoms with E-state index in [1.165, 1.54) is 5.56 Å². The summed E-state index contributed by atoms with van der Waals surface area (Å²) < 4.78 is 5.73. The van der Waals surface area contributed by atoms with E-state index in [0.29, 0.717) is 25.3 Å². The summed E-state index contributed by atoms with van der Waals surface area (Å²) >= 11 is 0.